The highest BCUT2D eigenvalue weighted by Crippen LogP contribution is 2.35. The maximum absolute atomic E-state index is 12.8. The fourth-order valence-electron chi connectivity index (χ4n) is 3.81. The van der Waals surface area contributed by atoms with E-state index in [4.69, 9.17) is 5.73 Å². The molecule has 2 aromatic rings. The number of hydrogen-bond acceptors (Lipinski definition) is 4. The van der Waals surface area contributed by atoms with Gasteiger partial charge in [0, 0.05) is 42.3 Å². The zero-order chi connectivity index (χ0) is 19.1. The van der Waals surface area contributed by atoms with Crippen LogP contribution in [0.2, 0.25) is 0 Å². The zero-order valence-corrected chi connectivity index (χ0v) is 16.1. The van der Waals surface area contributed by atoms with Crippen molar-refractivity contribution in [1.82, 2.24) is 25.0 Å². The summed E-state index contributed by atoms with van der Waals surface area (Å²) in [6.45, 7) is 6.31. The van der Waals surface area contributed by atoms with Crippen molar-refractivity contribution < 1.29 is 4.79 Å². The molecule has 1 aliphatic heterocycles. The van der Waals surface area contributed by atoms with Gasteiger partial charge in [0.05, 0.1) is 18.4 Å². The Labute approximate surface area is 159 Å². The van der Waals surface area contributed by atoms with Gasteiger partial charge in [-0.3, -0.25) is 4.98 Å². The number of pyridine rings is 1. The minimum absolute atomic E-state index is 0.0168. The van der Waals surface area contributed by atoms with Crippen LogP contribution in [0.5, 0.6) is 0 Å². The summed E-state index contributed by atoms with van der Waals surface area (Å²) in [6.07, 6.45) is 9.27. The maximum Gasteiger partial charge on any atom is 0.317 e. The third-order valence-corrected chi connectivity index (χ3v) is 5.57. The Morgan fingerprint density at radius 3 is 2.74 bits per heavy atom. The molecule has 0 radical (unpaired) electrons. The summed E-state index contributed by atoms with van der Waals surface area (Å²) < 4.78 is 1.98. The third kappa shape index (κ3) is 3.98. The van der Waals surface area contributed by atoms with Crippen LogP contribution in [-0.2, 0) is 13.0 Å². The Morgan fingerprint density at radius 1 is 1.30 bits per heavy atom. The van der Waals surface area contributed by atoms with Gasteiger partial charge in [-0.25, -0.2) is 9.48 Å². The van der Waals surface area contributed by atoms with Crippen molar-refractivity contribution in [3.63, 3.8) is 0 Å². The number of nitrogens with two attached hydrogens (primary N) is 1. The summed E-state index contributed by atoms with van der Waals surface area (Å²) in [7, 11) is 0. The molecule has 3 heterocycles. The molecule has 1 fully saturated rings. The average molecular weight is 368 g/mol. The van der Waals surface area contributed by atoms with Gasteiger partial charge in [-0.05, 0) is 43.2 Å². The lowest BCUT2D eigenvalue weighted by molar-refractivity contribution is 0.167. The van der Waals surface area contributed by atoms with Crippen molar-refractivity contribution in [2.45, 2.75) is 51.6 Å². The van der Waals surface area contributed by atoms with Gasteiger partial charge in [-0.2, -0.15) is 5.10 Å². The number of urea groups is 1. The van der Waals surface area contributed by atoms with Crippen molar-refractivity contribution in [3.8, 4) is 5.69 Å². The summed E-state index contributed by atoms with van der Waals surface area (Å²) in [5.74, 6) is 0. The molecule has 0 aromatic carbocycles. The number of fused-ring (bicyclic) bond motifs is 1. The van der Waals surface area contributed by atoms with Gasteiger partial charge in [0.1, 0.15) is 0 Å². The first-order chi connectivity index (χ1) is 12.9. The number of hydrogen-bond donors (Lipinski definition) is 2. The minimum atomic E-state index is -0.0427. The Bertz CT molecular complexity index is 824. The number of carbonyl (C=O) groups is 1. The highest BCUT2D eigenvalue weighted by Gasteiger charge is 2.38. The van der Waals surface area contributed by atoms with Crippen molar-refractivity contribution in [3.05, 3.63) is 42.0 Å². The van der Waals surface area contributed by atoms with E-state index < -0.39 is 0 Å². The van der Waals surface area contributed by atoms with Crippen LogP contribution in [0.3, 0.4) is 0 Å². The molecule has 0 spiro atoms. The summed E-state index contributed by atoms with van der Waals surface area (Å²) in [4.78, 5) is 18.8. The maximum atomic E-state index is 12.8. The fourth-order valence-corrected chi connectivity index (χ4v) is 3.81. The molecule has 0 unspecified atom stereocenters. The lowest BCUT2D eigenvalue weighted by atomic mass is 9.87. The van der Waals surface area contributed by atoms with Crippen LogP contribution in [0.15, 0.2) is 30.7 Å². The molecule has 4 rings (SSSR count). The molecular weight excluding hydrogens is 340 g/mol. The van der Waals surface area contributed by atoms with Gasteiger partial charge in [0.15, 0.2) is 0 Å². The third-order valence-electron chi connectivity index (χ3n) is 5.57. The lowest BCUT2D eigenvalue weighted by Crippen LogP contribution is -2.44. The largest absolute Gasteiger partial charge is 0.338 e. The number of amides is 2. The fraction of sp³-hybridized carbons (Fsp3) is 0.550. The highest BCUT2D eigenvalue weighted by molar-refractivity contribution is 5.74. The van der Waals surface area contributed by atoms with Gasteiger partial charge in [-0.1, -0.05) is 13.8 Å². The molecular formula is C20H28N6O. The van der Waals surface area contributed by atoms with Crippen LogP contribution >= 0.6 is 0 Å². The zero-order valence-electron chi connectivity index (χ0n) is 16.1. The van der Waals surface area contributed by atoms with Gasteiger partial charge in [0.2, 0.25) is 0 Å². The first kappa shape index (κ1) is 18.0. The Balaban J connectivity index is 1.52. The van der Waals surface area contributed by atoms with Crippen molar-refractivity contribution in [2.75, 3.05) is 13.1 Å². The van der Waals surface area contributed by atoms with Gasteiger partial charge < -0.3 is 16.0 Å². The minimum Gasteiger partial charge on any atom is -0.338 e. The number of aromatic nitrogens is 3. The highest BCUT2D eigenvalue weighted by atomic mass is 16.2. The molecule has 3 N–H and O–H groups in total. The summed E-state index contributed by atoms with van der Waals surface area (Å²) >= 11 is 0. The summed E-state index contributed by atoms with van der Waals surface area (Å²) in [6, 6.07) is 3.89. The van der Waals surface area contributed by atoms with Crippen molar-refractivity contribution >= 4 is 6.03 Å². The van der Waals surface area contributed by atoms with E-state index >= 15 is 0 Å². The second-order valence-electron chi connectivity index (χ2n) is 8.78. The van der Waals surface area contributed by atoms with Crippen molar-refractivity contribution in [2.24, 2.45) is 11.1 Å². The molecule has 7 nitrogen and oxygen atoms in total. The lowest BCUT2D eigenvalue weighted by Gasteiger charge is -2.30. The van der Waals surface area contributed by atoms with Crippen molar-refractivity contribution in [1.29, 1.82) is 0 Å². The monoisotopic (exact) mass is 368 g/mol. The molecule has 7 heteroatoms. The van der Waals surface area contributed by atoms with E-state index in [1.165, 1.54) is 5.69 Å². The van der Waals surface area contributed by atoms with E-state index in [0.717, 1.165) is 36.9 Å². The smallest absolute Gasteiger partial charge is 0.317 e. The number of rotatable bonds is 4. The molecule has 2 amide bonds. The molecule has 0 saturated heterocycles. The Morgan fingerprint density at radius 2 is 2.04 bits per heavy atom. The van der Waals surface area contributed by atoms with E-state index in [9.17, 15) is 4.79 Å². The van der Waals surface area contributed by atoms with Crippen LogP contribution in [0, 0.1) is 5.41 Å². The normalized spacial score (nSPS) is 19.9. The van der Waals surface area contributed by atoms with Gasteiger partial charge >= 0.3 is 6.03 Å². The predicted molar refractivity (Wildman–Crippen MR) is 103 cm³/mol. The number of carbonyl (C=O) groups excluding carboxylic acids is 1. The molecule has 144 valence electrons. The van der Waals surface area contributed by atoms with E-state index in [1.54, 1.807) is 12.4 Å². The summed E-state index contributed by atoms with van der Waals surface area (Å²) in [5.41, 5.74) is 9.31. The predicted octanol–water partition coefficient (Wildman–Crippen LogP) is 2.24. The van der Waals surface area contributed by atoms with Crippen LogP contribution in [0.1, 0.15) is 44.4 Å². The van der Waals surface area contributed by atoms with Crippen LogP contribution < -0.4 is 11.1 Å². The molecule has 27 heavy (non-hydrogen) atoms. The van der Waals surface area contributed by atoms with Crippen LogP contribution in [-0.4, -0.2) is 44.3 Å². The first-order valence-corrected chi connectivity index (χ1v) is 9.63. The van der Waals surface area contributed by atoms with E-state index in [-0.39, 0.29) is 17.0 Å². The first-order valence-electron chi connectivity index (χ1n) is 9.63. The molecule has 2 aromatic heterocycles. The van der Waals surface area contributed by atoms with Gasteiger partial charge in [-0.15, -0.1) is 0 Å². The second-order valence-corrected chi connectivity index (χ2v) is 8.78. The van der Waals surface area contributed by atoms with Crippen LogP contribution in [0.25, 0.3) is 5.69 Å². The standard InChI is InChI=1S/C20H28N6O/c1-19(2)11-17-15(12-24-26(17)16-3-8-22-9-4-16)13-25(14-19)18(27)23-10-7-20(21)5-6-20/h3-4,8-9,12H,5-7,10-11,13-14,21H2,1-2H3,(H,23,27). The van der Waals surface area contributed by atoms with Crippen LogP contribution in [0.4, 0.5) is 4.79 Å². The number of nitrogens with one attached hydrogen (secondary N) is 1. The van der Waals surface area contributed by atoms with E-state index in [1.807, 2.05) is 27.9 Å². The Kier molecular flexibility index (Phi) is 4.42. The molecule has 0 atom stereocenters. The van der Waals surface area contributed by atoms with E-state index in [0.29, 0.717) is 19.6 Å². The second kappa shape index (κ2) is 6.64. The molecule has 0 bridgehead atoms. The number of nitrogens with zero attached hydrogens (tertiary/aromatic N) is 4. The van der Waals surface area contributed by atoms with Gasteiger partial charge in [0.25, 0.3) is 0 Å². The summed E-state index contributed by atoms with van der Waals surface area (Å²) in [5, 5.41) is 7.64. The SMILES string of the molecule is CC1(C)Cc2c(cnn2-c2ccncc2)CN(C(=O)NCCC2(N)CC2)C1. The molecule has 1 saturated carbocycles. The van der Waals surface area contributed by atoms with E-state index in [2.05, 4.69) is 29.2 Å². The topological polar surface area (TPSA) is 89.1 Å². The Hall–Kier alpha value is -2.41. The molecule has 2 aliphatic rings. The quantitative estimate of drug-likeness (QED) is 0.866. The average Bonchev–Trinajstić information content (AvgIpc) is 3.28. The molecule has 1 aliphatic carbocycles.